The molecule has 0 atom stereocenters. The summed E-state index contributed by atoms with van der Waals surface area (Å²) < 4.78 is 5.74. The summed E-state index contributed by atoms with van der Waals surface area (Å²) in [6.07, 6.45) is 0. The second kappa shape index (κ2) is 9.04. The number of carbonyl (C=O) groups is 1. The molecule has 3 aromatic rings. The fourth-order valence-electron chi connectivity index (χ4n) is 3.56. The van der Waals surface area contributed by atoms with Gasteiger partial charge in [0.25, 0.3) is 5.91 Å². The van der Waals surface area contributed by atoms with Gasteiger partial charge in [-0.3, -0.25) is 9.69 Å². The summed E-state index contributed by atoms with van der Waals surface area (Å²) in [6.45, 7) is 3.64. The van der Waals surface area contributed by atoms with Crippen molar-refractivity contribution in [3.8, 4) is 5.75 Å². The van der Waals surface area contributed by atoms with E-state index in [1.807, 2.05) is 59.5 Å². The fraction of sp³-hybridized carbons (Fsp3) is 0.261. The van der Waals surface area contributed by atoms with Crippen LogP contribution in [-0.2, 0) is 11.3 Å². The highest BCUT2D eigenvalue weighted by Gasteiger charge is 2.22. The van der Waals surface area contributed by atoms with Crippen molar-refractivity contribution in [3.05, 3.63) is 76.3 Å². The third-order valence-corrected chi connectivity index (χ3v) is 5.96. The maximum Gasteiger partial charge on any atom is 0.260 e. The molecule has 0 aliphatic carbocycles. The number of carbonyl (C=O) groups excluding carboxylic acids is 1. The van der Waals surface area contributed by atoms with Gasteiger partial charge in [0, 0.05) is 48.3 Å². The predicted octanol–water partition coefficient (Wildman–Crippen LogP) is 4.87. The molecule has 0 spiro atoms. The Morgan fingerprint density at radius 2 is 1.55 bits per heavy atom. The molecular formula is C23H22Cl2N2O2. The molecule has 0 N–H and O–H groups in total. The summed E-state index contributed by atoms with van der Waals surface area (Å²) in [5, 5.41) is 3.62. The molecule has 1 aliphatic rings. The SMILES string of the molecule is O=C(COc1ccc2ccccc2c1)N1CCN(Cc2c(Cl)cccc2Cl)CC1. The number of rotatable bonds is 5. The number of halogens is 2. The minimum atomic E-state index is 0.00795. The quantitative estimate of drug-likeness (QED) is 0.580. The highest BCUT2D eigenvalue weighted by Crippen LogP contribution is 2.26. The van der Waals surface area contributed by atoms with E-state index in [1.165, 1.54) is 0 Å². The van der Waals surface area contributed by atoms with Crippen molar-refractivity contribution in [2.24, 2.45) is 0 Å². The van der Waals surface area contributed by atoms with Crippen molar-refractivity contribution in [2.45, 2.75) is 6.54 Å². The van der Waals surface area contributed by atoms with Crippen LogP contribution < -0.4 is 4.74 Å². The molecule has 3 aromatic carbocycles. The van der Waals surface area contributed by atoms with Crippen LogP contribution in [0.25, 0.3) is 10.8 Å². The predicted molar refractivity (Wildman–Crippen MR) is 118 cm³/mol. The number of hydrogen-bond acceptors (Lipinski definition) is 3. The third-order valence-electron chi connectivity index (χ3n) is 5.25. The molecule has 0 radical (unpaired) electrons. The zero-order valence-electron chi connectivity index (χ0n) is 16.0. The van der Waals surface area contributed by atoms with Gasteiger partial charge >= 0.3 is 0 Å². The van der Waals surface area contributed by atoms with Crippen molar-refractivity contribution in [3.63, 3.8) is 0 Å². The van der Waals surface area contributed by atoms with E-state index in [0.29, 0.717) is 35.4 Å². The van der Waals surface area contributed by atoms with E-state index in [0.717, 1.165) is 29.4 Å². The lowest BCUT2D eigenvalue weighted by atomic mass is 10.1. The van der Waals surface area contributed by atoms with E-state index < -0.39 is 0 Å². The van der Waals surface area contributed by atoms with E-state index in [-0.39, 0.29) is 12.5 Å². The molecule has 4 nitrogen and oxygen atoms in total. The van der Waals surface area contributed by atoms with E-state index in [9.17, 15) is 4.79 Å². The van der Waals surface area contributed by atoms with Crippen LogP contribution in [0.4, 0.5) is 0 Å². The lowest BCUT2D eigenvalue weighted by Crippen LogP contribution is -2.49. The average Bonchev–Trinajstić information content (AvgIpc) is 2.75. The fourth-order valence-corrected chi connectivity index (χ4v) is 4.07. The zero-order chi connectivity index (χ0) is 20.2. The van der Waals surface area contributed by atoms with Gasteiger partial charge in [-0.15, -0.1) is 0 Å². The number of hydrogen-bond donors (Lipinski definition) is 0. The average molecular weight is 429 g/mol. The summed E-state index contributed by atoms with van der Waals surface area (Å²) in [4.78, 5) is 16.7. The molecule has 0 unspecified atom stereocenters. The van der Waals surface area contributed by atoms with Gasteiger partial charge in [0.1, 0.15) is 5.75 Å². The van der Waals surface area contributed by atoms with Gasteiger partial charge < -0.3 is 9.64 Å². The Morgan fingerprint density at radius 1 is 0.862 bits per heavy atom. The van der Waals surface area contributed by atoms with Crippen molar-refractivity contribution >= 4 is 39.9 Å². The Labute approximate surface area is 180 Å². The van der Waals surface area contributed by atoms with Crippen molar-refractivity contribution < 1.29 is 9.53 Å². The van der Waals surface area contributed by atoms with Gasteiger partial charge in [-0.1, -0.05) is 59.6 Å². The number of benzene rings is 3. The first-order valence-corrected chi connectivity index (χ1v) is 10.4. The lowest BCUT2D eigenvalue weighted by Gasteiger charge is -2.35. The number of nitrogens with zero attached hydrogens (tertiary/aromatic N) is 2. The molecule has 1 saturated heterocycles. The molecule has 0 aromatic heterocycles. The summed E-state index contributed by atoms with van der Waals surface area (Å²) in [7, 11) is 0. The van der Waals surface area contributed by atoms with Crippen LogP contribution in [0.1, 0.15) is 5.56 Å². The first kappa shape index (κ1) is 20.0. The molecular weight excluding hydrogens is 407 g/mol. The number of fused-ring (bicyclic) bond motifs is 1. The second-order valence-corrected chi connectivity index (χ2v) is 7.97. The van der Waals surface area contributed by atoms with Crippen LogP contribution in [0, 0.1) is 0 Å². The van der Waals surface area contributed by atoms with E-state index >= 15 is 0 Å². The summed E-state index contributed by atoms with van der Waals surface area (Å²) >= 11 is 12.5. The van der Waals surface area contributed by atoms with Gasteiger partial charge in [-0.05, 0) is 35.0 Å². The van der Waals surface area contributed by atoms with Gasteiger partial charge in [0.15, 0.2) is 6.61 Å². The van der Waals surface area contributed by atoms with Crippen LogP contribution in [-0.4, -0.2) is 48.5 Å². The normalized spacial score (nSPS) is 14.9. The summed E-state index contributed by atoms with van der Waals surface area (Å²) in [5.74, 6) is 0.720. The van der Waals surface area contributed by atoms with Crippen LogP contribution in [0.3, 0.4) is 0 Å². The minimum absolute atomic E-state index is 0.00795. The van der Waals surface area contributed by atoms with Crippen molar-refractivity contribution in [2.75, 3.05) is 32.8 Å². The highest BCUT2D eigenvalue weighted by atomic mass is 35.5. The summed E-state index contributed by atoms with van der Waals surface area (Å²) in [6, 6.07) is 19.5. The Hall–Kier alpha value is -2.27. The van der Waals surface area contributed by atoms with E-state index in [2.05, 4.69) is 11.0 Å². The topological polar surface area (TPSA) is 32.8 Å². The van der Waals surface area contributed by atoms with Crippen molar-refractivity contribution in [1.29, 1.82) is 0 Å². The molecule has 4 rings (SSSR count). The van der Waals surface area contributed by atoms with Crippen LogP contribution in [0.2, 0.25) is 10.0 Å². The minimum Gasteiger partial charge on any atom is -0.484 e. The van der Waals surface area contributed by atoms with Gasteiger partial charge in [-0.2, -0.15) is 0 Å². The van der Waals surface area contributed by atoms with Crippen molar-refractivity contribution in [1.82, 2.24) is 9.80 Å². The lowest BCUT2D eigenvalue weighted by molar-refractivity contribution is -0.135. The standard InChI is InChI=1S/C23H22Cl2N2O2/c24-21-6-3-7-22(25)20(21)15-26-10-12-27(13-11-26)23(28)16-29-19-9-8-17-4-1-2-5-18(17)14-19/h1-9,14H,10-13,15-16H2. The maximum absolute atomic E-state index is 12.5. The molecule has 1 fully saturated rings. The summed E-state index contributed by atoms with van der Waals surface area (Å²) in [5.41, 5.74) is 0.940. The van der Waals surface area contributed by atoms with Gasteiger partial charge in [0.05, 0.1) is 0 Å². The Morgan fingerprint density at radius 3 is 2.28 bits per heavy atom. The van der Waals surface area contributed by atoms with Gasteiger partial charge in [-0.25, -0.2) is 0 Å². The number of amides is 1. The zero-order valence-corrected chi connectivity index (χ0v) is 17.5. The molecule has 0 bridgehead atoms. The molecule has 29 heavy (non-hydrogen) atoms. The van der Waals surface area contributed by atoms with E-state index in [4.69, 9.17) is 27.9 Å². The monoisotopic (exact) mass is 428 g/mol. The Kier molecular flexibility index (Phi) is 6.24. The van der Waals surface area contributed by atoms with Gasteiger partial charge in [0.2, 0.25) is 0 Å². The molecule has 1 heterocycles. The van der Waals surface area contributed by atoms with E-state index in [1.54, 1.807) is 0 Å². The first-order chi connectivity index (χ1) is 14.1. The molecule has 1 aliphatic heterocycles. The Balaban J connectivity index is 1.28. The Bertz CT molecular complexity index is 996. The first-order valence-electron chi connectivity index (χ1n) is 9.65. The largest absolute Gasteiger partial charge is 0.484 e. The molecule has 0 saturated carbocycles. The van der Waals surface area contributed by atoms with Crippen LogP contribution in [0.5, 0.6) is 5.75 Å². The molecule has 150 valence electrons. The maximum atomic E-state index is 12.5. The smallest absolute Gasteiger partial charge is 0.260 e. The molecule has 1 amide bonds. The van der Waals surface area contributed by atoms with Crippen LogP contribution in [0.15, 0.2) is 60.7 Å². The molecule has 6 heteroatoms. The highest BCUT2D eigenvalue weighted by molar-refractivity contribution is 6.35. The number of piperazine rings is 1. The van der Waals surface area contributed by atoms with Crippen LogP contribution >= 0.6 is 23.2 Å². The second-order valence-electron chi connectivity index (χ2n) is 7.15. The third kappa shape index (κ3) is 4.84. The number of ether oxygens (including phenoxy) is 1.